The van der Waals surface area contributed by atoms with Crippen LogP contribution in [0, 0.1) is 6.92 Å². The Kier molecular flexibility index (Phi) is 4.77. The summed E-state index contributed by atoms with van der Waals surface area (Å²) >= 11 is 0. The normalized spacial score (nSPS) is 10.2. The van der Waals surface area contributed by atoms with E-state index in [0.29, 0.717) is 23.8 Å². The molecule has 0 saturated heterocycles. The highest BCUT2D eigenvalue weighted by atomic mass is 16.5. The van der Waals surface area contributed by atoms with Gasteiger partial charge in [-0.05, 0) is 43.7 Å². The Morgan fingerprint density at radius 2 is 1.90 bits per heavy atom. The molecule has 0 amide bonds. The van der Waals surface area contributed by atoms with Gasteiger partial charge in [-0.25, -0.2) is 9.78 Å². The molecule has 0 unspecified atom stereocenters. The lowest BCUT2D eigenvalue weighted by Crippen LogP contribution is -2.00. The monoisotopic (exact) mass is 287 g/mol. The molecule has 0 radical (unpaired) electrons. The average Bonchev–Trinajstić information content (AvgIpc) is 2.48. The Bertz CT molecular complexity index is 623. The maximum Gasteiger partial charge on any atom is 0.337 e. The van der Waals surface area contributed by atoms with Gasteiger partial charge in [0.1, 0.15) is 11.5 Å². The van der Waals surface area contributed by atoms with E-state index in [2.05, 4.69) is 4.98 Å². The first-order chi connectivity index (χ1) is 10.1. The zero-order chi connectivity index (χ0) is 15.2. The molecule has 0 saturated carbocycles. The molecule has 0 aliphatic heterocycles. The van der Waals surface area contributed by atoms with E-state index < -0.39 is 5.97 Å². The number of aromatic nitrogens is 1. The van der Waals surface area contributed by atoms with Crippen LogP contribution in [0.2, 0.25) is 0 Å². The highest BCUT2D eigenvalue weighted by Gasteiger charge is 2.08. The number of nitrogens with zero attached hydrogens (tertiary/aromatic N) is 1. The van der Waals surface area contributed by atoms with Gasteiger partial charge in [-0.3, -0.25) is 0 Å². The number of aryl methyl sites for hydroxylation is 1. The van der Waals surface area contributed by atoms with Crippen LogP contribution in [-0.4, -0.2) is 22.7 Å². The van der Waals surface area contributed by atoms with Gasteiger partial charge in [-0.1, -0.05) is 6.92 Å². The topological polar surface area (TPSA) is 68.7 Å². The van der Waals surface area contributed by atoms with Gasteiger partial charge in [0.25, 0.3) is 0 Å². The number of rotatable bonds is 6. The van der Waals surface area contributed by atoms with Crippen LogP contribution in [0.4, 0.5) is 0 Å². The second kappa shape index (κ2) is 6.74. The standard InChI is InChI=1S/C16H17NO4/c1-3-8-20-13-4-6-14(7-5-13)21-15-11(2)9-12(10-17-15)16(18)19/h4-7,9-10H,3,8H2,1-2H3,(H,18,19). The van der Waals surface area contributed by atoms with Crippen molar-refractivity contribution in [1.82, 2.24) is 4.98 Å². The summed E-state index contributed by atoms with van der Waals surface area (Å²) in [6.45, 7) is 4.48. The number of hydrogen-bond acceptors (Lipinski definition) is 4. The minimum Gasteiger partial charge on any atom is -0.494 e. The Hall–Kier alpha value is -2.56. The molecule has 21 heavy (non-hydrogen) atoms. The molecule has 1 aromatic heterocycles. The molecule has 1 N–H and O–H groups in total. The second-order valence-electron chi connectivity index (χ2n) is 4.57. The summed E-state index contributed by atoms with van der Waals surface area (Å²) in [6.07, 6.45) is 2.24. The van der Waals surface area contributed by atoms with E-state index in [0.717, 1.165) is 12.2 Å². The Morgan fingerprint density at radius 1 is 1.24 bits per heavy atom. The molecule has 5 heteroatoms. The Morgan fingerprint density at radius 3 is 2.48 bits per heavy atom. The van der Waals surface area contributed by atoms with Gasteiger partial charge in [0.2, 0.25) is 5.88 Å². The minimum absolute atomic E-state index is 0.142. The number of hydrogen-bond donors (Lipinski definition) is 1. The fourth-order valence-electron chi connectivity index (χ4n) is 1.72. The molecule has 1 aromatic carbocycles. The van der Waals surface area contributed by atoms with Crippen LogP contribution < -0.4 is 9.47 Å². The van der Waals surface area contributed by atoms with Gasteiger partial charge in [-0.2, -0.15) is 0 Å². The number of aromatic carboxylic acids is 1. The third-order valence-electron chi connectivity index (χ3n) is 2.79. The molecule has 0 fully saturated rings. The molecule has 1 heterocycles. The smallest absolute Gasteiger partial charge is 0.337 e. The zero-order valence-electron chi connectivity index (χ0n) is 12.0. The lowest BCUT2D eigenvalue weighted by Gasteiger charge is -2.09. The number of ether oxygens (including phenoxy) is 2. The predicted molar refractivity (Wildman–Crippen MR) is 78.2 cm³/mol. The summed E-state index contributed by atoms with van der Waals surface area (Å²) < 4.78 is 11.1. The third-order valence-corrected chi connectivity index (χ3v) is 2.79. The van der Waals surface area contributed by atoms with Crippen molar-refractivity contribution >= 4 is 5.97 Å². The zero-order valence-corrected chi connectivity index (χ0v) is 12.0. The Labute approximate surface area is 123 Å². The van der Waals surface area contributed by atoms with Gasteiger partial charge >= 0.3 is 5.97 Å². The van der Waals surface area contributed by atoms with Crippen LogP contribution in [0.25, 0.3) is 0 Å². The van der Waals surface area contributed by atoms with E-state index in [-0.39, 0.29) is 5.56 Å². The van der Waals surface area contributed by atoms with Crippen LogP contribution in [0.1, 0.15) is 29.3 Å². The second-order valence-corrected chi connectivity index (χ2v) is 4.57. The van der Waals surface area contributed by atoms with Gasteiger partial charge in [0.05, 0.1) is 12.2 Å². The molecule has 2 aromatic rings. The maximum absolute atomic E-state index is 10.9. The van der Waals surface area contributed by atoms with Gasteiger partial charge in [0, 0.05) is 11.8 Å². The van der Waals surface area contributed by atoms with E-state index in [1.807, 2.05) is 19.1 Å². The summed E-state index contributed by atoms with van der Waals surface area (Å²) in [4.78, 5) is 14.9. The molecule has 0 aliphatic rings. The lowest BCUT2D eigenvalue weighted by atomic mass is 10.2. The van der Waals surface area contributed by atoms with Crippen LogP contribution in [-0.2, 0) is 0 Å². The summed E-state index contributed by atoms with van der Waals surface area (Å²) in [6, 6.07) is 8.76. The van der Waals surface area contributed by atoms with Gasteiger partial charge < -0.3 is 14.6 Å². The molecule has 2 rings (SSSR count). The number of carboxylic acid groups (broad SMARTS) is 1. The van der Waals surface area contributed by atoms with Gasteiger partial charge in [0.15, 0.2) is 0 Å². The van der Waals surface area contributed by atoms with E-state index in [1.54, 1.807) is 19.1 Å². The lowest BCUT2D eigenvalue weighted by molar-refractivity contribution is 0.0696. The summed E-state index contributed by atoms with van der Waals surface area (Å²) in [7, 11) is 0. The fraction of sp³-hybridized carbons (Fsp3) is 0.250. The van der Waals surface area contributed by atoms with Crippen LogP contribution in [0.15, 0.2) is 36.5 Å². The molecule has 0 spiro atoms. The molecular formula is C16H17NO4. The average molecular weight is 287 g/mol. The van der Waals surface area contributed by atoms with Crippen molar-refractivity contribution in [2.75, 3.05) is 6.61 Å². The number of benzene rings is 1. The molecule has 0 atom stereocenters. The van der Waals surface area contributed by atoms with Crippen molar-refractivity contribution in [2.24, 2.45) is 0 Å². The van der Waals surface area contributed by atoms with Crippen molar-refractivity contribution in [2.45, 2.75) is 20.3 Å². The number of carbonyl (C=O) groups is 1. The molecule has 110 valence electrons. The van der Waals surface area contributed by atoms with E-state index >= 15 is 0 Å². The van der Waals surface area contributed by atoms with Gasteiger partial charge in [-0.15, -0.1) is 0 Å². The molecular weight excluding hydrogens is 270 g/mol. The largest absolute Gasteiger partial charge is 0.494 e. The predicted octanol–water partition coefficient (Wildman–Crippen LogP) is 3.67. The SMILES string of the molecule is CCCOc1ccc(Oc2ncc(C(=O)O)cc2C)cc1. The molecule has 5 nitrogen and oxygen atoms in total. The van der Waals surface area contributed by atoms with Crippen molar-refractivity contribution in [1.29, 1.82) is 0 Å². The quantitative estimate of drug-likeness (QED) is 0.877. The first-order valence-electron chi connectivity index (χ1n) is 6.71. The van der Waals surface area contributed by atoms with Crippen molar-refractivity contribution in [3.05, 3.63) is 47.7 Å². The van der Waals surface area contributed by atoms with Crippen molar-refractivity contribution in [3.8, 4) is 17.4 Å². The summed E-state index contributed by atoms with van der Waals surface area (Å²) in [5, 5.41) is 8.90. The van der Waals surface area contributed by atoms with E-state index in [9.17, 15) is 4.79 Å². The molecule has 0 aliphatic carbocycles. The van der Waals surface area contributed by atoms with Crippen LogP contribution in [0.3, 0.4) is 0 Å². The number of pyridine rings is 1. The summed E-state index contributed by atoms with van der Waals surface area (Å²) in [5.74, 6) is 0.796. The minimum atomic E-state index is -1.01. The van der Waals surface area contributed by atoms with E-state index in [1.165, 1.54) is 12.3 Å². The first kappa shape index (κ1) is 14.8. The van der Waals surface area contributed by atoms with Crippen molar-refractivity contribution < 1.29 is 19.4 Å². The third kappa shape index (κ3) is 3.95. The molecule has 0 bridgehead atoms. The Balaban J connectivity index is 2.09. The van der Waals surface area contributed by atoms with E-state index in [4.69, 9.17) is 14.6 Å². The highest BCUT2D eigenvalue weighted by molar-refractivity contribution is 5.87. The highest BCUT2D eigenvalue weighted by Crippen LogP contribution is 2.25. The maximum atomic E-state index is 10.9. The van der Waals surface area contributed by atoms with Crippen molar-refractivity contribution in [3.63, 3.8) is 0 Å². The fourth-order valence-corrected chi connectivity index (χ4v) is 1.72. The first-order valence-corrected chi connectivity index (χ1v) is 6.71. The summed E-state index contributed by atoms with van der Waals surface area (Å²) in [5.41, 5.74) is 0.810. The van der Waals surface area contributed by atoms with Crippen LogP contribution in [0.5, 0.6) is 17.4 Å². The van der Waals surface area contributed by atoms with Crippen LogP contribution >= 0.6 is 0 Å². The number of carboxylic acids is 1.